The van der Waals surface area contributed by atoms with E-state index in [1.54, 1.807) is 12.0 Å². The van der Waals surface area contributed by atoms with Crippen LogP contribution in [0.15, 0.2) is 120 Å². The molecule has 0 saturated heterocycles. The summed E-state index contributed by atoms with van der Waals surface area (Å²) < 4.78 is 40.9. The van der Waals surface area contributed by atoms with E-state index >= 15 is 0 Å². The van der Waals surface area contributed by atoms with E-state index < -0.39 is 34.9 Å². The van der Waals surface area contributed by atoms with E-state index in [-0.39, 0.29) is 55.5 Å². The molecule has 6 rings (SSSR count). The van der Waals surface area contributed by atoms with E-state index in [1.165, 1.54) is 16.9 Å². The molecule has 0 fully saturated rings. The quantitative estimate of drug-likeness (QED) is 0.192. The third-order valence-corrected chi connectivity index (χ3v) is 8.25. The average Bonchev–Trinajstić information content (AvgIpc) is 3.12. The zero-order chi connectivity index (χ0) is 34.3. The summed E-state index contributed by atoms with van der Waals surface area (Å²) in [7, 11) is 1.54. The smallest absolute Gasteiger partial charge is 0.277 e. The monoisotopic (exact) mass is 664 g/mol. The van der Waals surface area contributed by atoms with Crippen LogP contribution in [-0.4, -0.2) is 48.3 Å². The van der Waals surface area contributed by atoms with Crippen molar-refractivity contribution in [2.24, 2.45) is 0 Å². The lowest BCUT2D eigenvalue weighted by atomic mass is 9.98. The average molecular weight is 665 g/mol. The second-order valence-electron chi connectivity index (χ2n) is 11.5. The maximum atomic E-state index is 14.4. The fourth-order valence-corrected chi connectivity index (χ4v) is 5.78. The van der Waals surface area contributed by atoms with Crippen LogP contribution in [0.25, 0.3) is 0 Å². The van der Waals surface area contributed by atoms with Crippen molar-refractivity contribution in [3.05, 3.63) is 171 Å². The molecule has 11 heteroatoms. The highest BCUT2D eigenvalue weighted by Crippen LogP contribution is 2.33. The Morgan fingerprint density at radius 3 is 2.12 bits per heavy atom. The van der Waals surface area contributed by atoms with E-state index in [0.29, 0.717) is 0 Å². The second-order valence-corrected chi connectivity index (χ2v) is 11.5. The predicted molar refractivity (Wildman–Crippen MR) is 180 cm³/mol. The number of methoxy groups -OCH3 is 1. The molecule has 0 unspecified atom stereocenters. The van der Waals surface area contributed by atoms with Gasteiger partial charge in [0, 0.05) is 38.0 Å². The van der Waals surface area contributed by atoms with Crippen LogP contribution in [0, 0.1) is 11.6 Å². The van der Waals surface area contributed by atoms with E-state index in [1.807, 2.05) is 96.0 Å². The van der Waals surface area contributed by atoms with Gasteiger partial charge in [0.25, 0.3) is 11.8 Å². The number of aromatic nitrogens is 1. The third-order valence-electron chi connectivity index (χ3n) is 8.25. The van der Waals surface area contributed by atoms with Crippen molar-refractivity contribution in [3.63, 3.8) is 0 Å². The Kier molecular flexibility index (Phi) is 10.1. The highest BCUT2D eigenvalue weighted by atomic mass is 19.1. The number of hydrogen-bond acceptors (Lipinski definition) is 6. The number of pyridine rings is 1. The Morgan fingerprint density at radius 1 is 0.878 bits per heavy atom. The van der Waals surface area contributed by atoms with Crippen LogP contribution in [-0.2, 0) is 17.9 Å². The molecule has 1 N–H and O–H groups in total. The third kappa shape index (κ3) is 7.21. The molecule has 250 valence electrons. The van der Waals surface area contributed by atoms with E-state index in [0.717, 1.165) is 28.8 Å². The number of carbonyl (C=O) groups excluding carboxylic acids is 2. The van der Waals surface area contributed by atoms with Crippen LogP contribution in [0.3, 0.4) is 0 Å². The molecule has 2 heterocycles. The minimum Gasteiger partial charge on any atom is -0.482 e. The topological polar surface area (TPSA) is 93.1 Å². The largest absolute Gasteiger partial charge is 0.482 e. The maximum absolute atomic E-state index is 14.4. The molecule has 49 heavy (non-hydrogen) atoms. The fourth-order valence-electron chi connectivity index (χ4n) is 5.78. The molecule has 0 atom stereocenters. The van der Waals surface area contributed by atoms with Gasteiger partial charge in [0.2, 0.25) is 5.43 Å². The zero-order valence-electron chi connectivity index (χ0n) is 26.7. The van der Waals surface area contributed by atoms with Gasteiger partial charge in [-0.1, -0.05) is 97.1 Å². The molecule has 1 aromatic heterocycles. The van der Waals surface area contributed by atoms with Crippen LogP contribution >= 0.6 is 0 Å². The van der Waals surface area contributed by atoms with Crippen molar-refractivity contribution in [3.8, 4) is 5.75 Å². The van der Waals surface area contributed by atoms with Gasteiger partial charge in [-0.3, -0.25) is 24.1 Å². The predicted octanol–water partition coefficient (Wildman–Crippen LogP) is 5.42. The molecule has 0 spiro atoms. The number of benzene rings is 4. The van der Waals surface area contributed by atoms with Crippen molar-refractivity contribution in [2.75, 3.05) is 31.9 Å². The van der Waals surface area contributed by atoms with Gasteiger partial charge >= 0.3 is 0 Å². The Hall–Kier alpha value is -5.81. The summed E-state index contributed by atoms with van der Waals surface area (Å²) in [4.78, 5) is 43.7. The number of halogens is 2. The molecule has 5 aromatic rings. The maximum Gasteiger partial charge on any atom is 0.277 e. The lowest BCUT2D eigenvalue weighted by molar-refractivity contribution is 0.0610. The van der Waals surface area contributed by atoms with Gasteiger partial charge in [-0.2, -0.15) is 0 Å². The van der Waals surface area contributed by atoms with Gasteiger partial charge in [0.05, 0.1) is 12.6 Å². The molecule has 0 bridgehead atoms. The fraction of sp³-hybridized carbons (Fsp3) is 0.184. The molecule has 0 radical (unpaired) electrons. The lowest BCUT2D eigenvalue weighted by Crippen LogP contribution is -2.56. The normalized spacial score (nSPS) is 12.6. The summed E-state index contributed by atoms with van der Waals surface area (Å²) in [5.41, 5.74) is 1.38. The zero-order valence-corrected chi connectivity index (χ0v) is 26.7. The molecule has 9 nitrogen and oxygen atoms in total. The number of carbonyl (C=O) groups is 2. The first kappa shape index (κ1) is 33.1. The van der Waals surface area contributed by atoms with Crippen molar-refractivity contribution in [1.82, 2.24) is 14.9 Å². The van der Waals surface area contributed by atoms with Crippen LogP contribution in [0.1, 0.15) is 49.1 Å². The van der Waals surface area contributed by atoms with Crippen molar-refractivity contribution < 1.29 is 27.8 Å². The van der Waals surface area contributed by atoms with E-state index in [9.17, 15) is 23.2 Å². The van der Waals surface area contributed by atoms with Gasteiger partial charge in [-0.05, 0) is 22.8 Å². The molecule has 1 aliphatic rings. The number of fused-ring (bicyclic) bond motifs is 1. The molecule has 0 aliphatic carbocycles. The highest BCUT2D eigenvalue weighted by molar-refractivity contribution is 5.99. The molecule has 2 amide bonds. The van der Waals surface area contributed by atoms with Crippen LogP contribution in [0.4, 0.5) is 8.78 Å². The second kappa shape index (κ2) is 15.0. The summed E-state index contributed by atoms with van der Waals surface area (Å²) >= 11 is 0. The standard InChI is InChI=1S/C38H34F2N4O5/c1-48-20-19-42-25-44(33(27-13-7-3-8-14-27)28-15-9-4-10-16-28)43-23-31(37(46)41-22-29-17-18-30(39)21-32(29)40)35(45)36(34(43)38(42)47)49-24-26-11-5-2-6-12-26/h2-18,21,23,33H,19-20,22,24-25H2,1H3,(H,41,46). The number of rotatable bonds is 12. The van der Waals surface area contributed by atoms with E-state index in [2.05, 4.69) is 5.32 Å². The van der Waals surface area contributed by atoms with Gasteiger partial charge in [0.15, 0.2) is 11.4 Å². The first-order chi connectivity index (χ1) is 23.9. The van der Waals surface area contributed by atoms with Gasteiger partial charge in [0.1, 0.15) is 30.5 Å². The summed E-state index contributed by atoms with van der Waals surface area (Å²) in [5, 5.41) is 4.47. The minimum absolute atomic E-state index is 0.0344. The number of nitrogens with one attached hydrogen (secondary N) is 1. The Bertz CT molecular complexity index is 1950. The van der Waals surface area contributed by atoms with Crippen molar-refractivity contribution in [2.45, 2.75) is 19.2 Å². The summed E-state index contributed by atoms with van der Waals surface area (Å²) in [6.45, 7) is 0.176. The number of hydrogen-bond donors (Lipinski definition) is 1. The van der Waals surface area contributed by atoms with Crippen LogP contribution in [0.2, 0.25) is 0 Å². The summed E-state index contributed by atoms with van der Waals surface area (Å²) in [5.74, 6) is -3.19. The highest BCUT2D eigenvalue weighted by Gasteiger charge is 2.38. The first-order valence-corrected chi connectivity index (χ1v) is 15.7. The number of ether oxygens (including phenoxy) is 2. The van der Waals surface area contributed by atoms with Crippen LogP contribution < -0.4 is 20.5 Å². The minimum atomic E-state index is -0.837. The summed E-state index contributed by atoms with van der Waals surface area (Å²) in [6, 6.07) is 31.0. The van der Waals surface area contributed by atoms with Crippen LogP contribution in [0.5, 0.6) is 5.75 Å². The molecule has 4 aromatic carbocycles. The number of nitrogens with zero attached hydrogens (tertiary/aromatic N) is 3. The van der Waals surface area contributed by atoms with E-state index in [4.69, 9.17) is 9.47 Å². The lowest BCUT2D eigenvalue weighted by Gasteiger charge is -2.44. The molecular formula is C38H34F2N4O5. The van der Waals surface area contributed by atoms with Crippen molar-refractivity contribution in [1.29, 1.82) is 0 Å². The Balaban J connectivity index is 1.51. The Morgan fingerprint density at radius 2 is 1.51 bits per heavy atom. The van der Waals surface area contributed by atoms with Crippen molar-refractivity contribution >= 4 is 11.8 Å². The molecule has 1 aliphatic heterocycles. The first-order valence-electron chi connectivity index (χ1n) is 15.7. The SMILES string of the molecule is COCCN1CN(C(c2ccccc2)c2ccccc2)n2cc(C(=O)NCc3ccc(F)cc3F)c(=O)c(OCc3ccccc3)c2C1=O. The Labute approximate surface area is 281 Å². The van der Waals surface area contributed by atoms with Gasteiger partial charge in [-0.15, -0.1) is 0 Å². The summed E-state index contributed by atoms with van der Waals surface area (Å²) in [6.07, 6.45) is 1.33. The van der Waals surface area contributed by atoms with Gasteiger partial charge in [-0.25, -0.2) is 8.78 Å². The molecule has 0 saturated carbocycles. The number of amides is 2. The van der Waals surface area contributed by atoms with Gasteiger partial charge < -0.3 is 19.7 Å². The molecular weight excluding hydrogens is 630 g/mol.